The molecule has 3 aromatic heterocycles. The Morgan fingerprint density at radius 1 is 1.11 bits per heavy atom. The zero-order valence-corrected chi connectivity index (χ0v) is 20.9. The van der Waals surface area contributed by atoms with E-state index in [4.69, 9.17) is 9.72 Å². The van der Waals surface area contributed by atoms with E-state index >= 15 is 0 Å². The van der Waals surface area contributed by atoms with Crippen molar-refractivity contribution in [1.29, 1.82) is 0 Å². The number of imidazole rings is 1. The van der Waals surface area contributed by atoms with Crippen LogP contribution in [-0.4, -0.2) is 47.2 Å². The number of benzene rings is 2. The number of fused-ring (bicyclic) bond motifs is 1. The maximum absolute atomic E-state index is 13.4. The molecule has 1 N–H and O–H groups in total. The van der Waals surface area contributed by atoms with Gasteiger partial charge in [0.2, 0.25) is 5.95 Å². The molecular weight excluding hydrogens is 501 g/mol. The Bertz CT molecular complexity index is 1630. The fourth-order valence-corrected chi connectivity index (χ4v) is 5.87. The van der Waals surface area contributed by atoms with Gasteiger partial charge in [0.1, 0.15) is 17.3 Å². The smallest absolute Gasteiger partial charge is 0.223 e. The molecule has 2 aromatic carbocycles. The van der Waals surface area contributed by atoms with Crippen molar-refractivity contribution < 1.29 is 17.5 Å². The Morgan fingerprint density at radius 2 is 1.97 bits per heavy atom. The van der Waals surface area contributed by atoms with Crippen LogP contribution in [0, 0.1) is 5.82 Å². The van der Waals surface area contributed by atoms with E-state index in [-0.39, 0.29) is 10.6 Å². The highest BCUT2D eigenvalue weighted by molar-refractivity contribution is 7.91. The highest BCUT2D eigenvalue weighted by atomic mass is 32.2. The fraction of sp³-hybridized carbons (Fsp3) is 0.160. The van der Waals surface area contributed by atoms with Gasteiger partial charge in [-0.3, -0.25) is 4.40 Å². The van der Waals surface area contributed by atoms with Gasteiger partial charge >= 0.3 is 0 Å². The summed E-state index contributed by atoms with van der Waals surface area (Å²) in [6.07, 6.45) is 3.90. The van der Waals surface area contributed by atoms with Gasteiger partial charge in [-0.2, -0.15) is 0 Å². The normalized spacial score (nSPS) is 11.6. The topological polar surface area (TPSA) is 98.5 Å². The summed E-state index contributed by atoms with van der Waals surface area (Å²) in [6, 6.07) is 14.5. The van der Waals surface area contributed by atoms with Crippen LogP contribution in [0.15, 0.2) is 77.3 Å². The Morgan fingerprint density at radius 3 is 2.81 bits per heavy atom. The van der Waals surface area contributed by atoms with E-state index < -0.39 is 15.7 Å². The third-order valence-electron chi connectivity index (χ3n) is 5.53. The molecule has 0 aliphatic rings. The molecule has 0 saturated carbocycles. The quantitative estimate of drug-likeness (QED) is 0.273. The number of halogens is 1. The van der Waals surface area contributed by atoms with Crippen molar-refractivity contribution in [1.82, 2.24) is 19.4 Å². The lowest BCUT2D eigenvalue weighted by molar-refractivity contribution is 0.415. The number of methoxy groups -OCH3 is 1. The predicted octanol–water partition coefficient (Wildman–Crippen LogP) is 4.94. The van der Waals surface area contributed by atoms with E-state index in [9.17, 15) is 12.8 Å². The van der Waals surface area contributed by atoms with Crippen molar-refractivity contribution in [3.05, 3.63) is 78.2 Å². The van der Waals surface area contributed by atoms with E-state index in [0.29, 0.717) is 24.6 Å². The lowest BCUT2D eigenvalue weighted by atomic mass is 10.1. The Labute approximate surface area is 211 Å². The number of hydrogen-bond donors (Lipinski definition) is 1. The second kappa shape index (κ2) is 10.0. The first kappa shape index (κ1) is 23.9. The third-order valence-corrected chi connectivity index (χ3v) is 8.09. The Hall–Kier alpha value is -3.83. The number of thiazole rings is 1. The molecule has 0 bridgehead atoms. The maximum Gasteiger partial charge on any atom is 0.223 e. The summed E-state index contributed by atoms with van der Waals surface area (Å²) < 4.78 is 45.7. The minimum absolute atomic E-state index is 0.0219. The van der Waals surface area contributed by atoms with Crippen LogP contribution in [0.1, 0.15) is 6.42 Å². The van der Waals surface area contributed by atoms with E-state index in [1.807, 2.05) is 46.3 Å². The Balaban J connectivity index is 1.35. The SMILES string of the molecule is COc1cccc(-c2nc3sccn3c2-c2ccnc(NCCCS(=O)(=O)c3cccc(F)c3)n2)c1. The average Bonchev–Trinajstić information content (AvgIpc) is 3.48. The van der Waals surface area contributed by atoms with Crippen LogP contribution in [0.5, 0.6) is 5.75 Å². The van der Waals surface area contributed by atoms with Gasteiger partial charge in [-0.05, 0) is 42.8 Å². The molecule has 0 saturated heterocycles. The predicted molar refractivity (Wildman–Crippen MR) is 138 cm³/mol. The first-order chi connectivity index (χ1) is 17.4. The monoisotopic (exact) mass is 523 g/mol. The summed E-state index contributed by atoms with van der Waals surface area (Å²) in [6.45, 7) is 0.334. The molecule has 5 aromatic rings. The fourth-order valence-electron chi connectivity index (χ4n) is 3.82. The summed E-state index contributed by atoms with van der Waals surface area (Å²) in [5, 5.41) is 5.05. The minimum Gasteiger partial charge on any atom is -0.497 e. The standard InChI is InChI=1S/C25H22FN5O3S2/c1-34-19-7-2-5-17(15-19)22-23(31-12-13-35-25(31)30-22)21-9-11-28-24(29-21)27-10-4-14-36(32,33)20-8-3-6-18(26)16-20/h2-3,5-9,11-13,15-16H,4,10,14H2,1H3,(H,27,28,29). The molecule has 5 rings (SSSR count). The molecule has 0 amide bonds. The number of aromatic nitrogens is 4. The molecule has 0 atom stereocenters. The van der Waals surface area contributed by atoms with Crippen LogP contribution >= 0.6 is 11.3 Å². The number of nitrogens with one attached hydrogen (secondary N) is 1. The molecule has 0 radical (unpaired) electrons. The van der Waals surface area contributed by atoms with Crippen LogP contribution < -0.4 is 10.1 Å². The molecule has 3 heterocycles. The maximum atomic E-state index is 13.4. The molecule has 0 fully saturated rings. The van der Waals surface area contributed by atoms with E-state index in [1.165, 1.54) is 29.5 Å². The van der Waals surface area contributed by atoms with Crippen molar-refractivity contribution in [2.24, 2.45) is 0 Å². The number of rotatable bonds is 9. The first-order valence-corrected chi connectivity index (χ1v) is 13.6. The number of sulfone groups is 1. The van der Waals surface area contributed by atoms with Crippen LogP contribution in [0.4, 0.5) is 10.3 Å². The molecule has 11 heteroatoms. The third kappa shape index (κ3) is 4.93. The van der Waals surface area contributed by atoms with Gasteiger partial charge in [-0.15, -0.1) is 11.3 Å². The van der Waals surface area contributed by atoms with Crippen LogP contribution in [0.2, 0.25) is 0 Å². The van der Waals surface area contributed by atoms with Crippen LogP contribution in [0.25, 0.3) is 27.6 Å². The van der Waals surface area contributed by atoms with E-state index in [2.05, 4.69) is 15.3 Å². The number of hydrogen-bond acceptors (Lipinski definition) is 8. The van der Waals surface area contributed by atoms with Gasteiger partial charge < -0.3 is 10.1 Å². The van der Waals surface area contributed by atoms with E-state index in [1.54, 1.807) is 13.3 Å². The molecule has 0 aliphatic carbocycles. The number of nitrogens with zero attached hydrogens (tertiary/aromatic N) is 4. The van der Waals surface area contributed by atoms with Crippen LogP contribution in [0.3, 0.4) is 0 Å². The van der Waals surface area contributed by atoms with Crippen molar-refractivity contribution in [3.8, 4) is 28.4 Å². The molecule has 0 unspecified atom stereocenters. The molecule has 0 spiro atoms. The zero-order chi connectivity index (χ0) is 25.1. The number of anilines is 1. The largest absolute Gasteiger partial charge is 0.497 e. The minimum atomic E-state index is -3.58. The highest BCUT2D eigenvalue weighted by Gasteiger charge is 2.19. The van der Waals surface area contributed by atoms with Crippen LogP contribution in [-0.2, 0) is 9.84 Å². The lowest BCUT2D eigenvalue weighted by Gasteiger charge is -2.09. The molecular formula is C25H22FN5O3S2. The summed E-state index contributed by atoms with van der Waals surface area (Å²) in [5.74, 6) is 0.402. The van der Waals surface area contributed by atoms with Gasteiger partial charge in [0.05, 0.1) is 29.1 Å². The lowest BCUT2D eigenvalue weighted by Crippen LogP contribution is -2.13. The van der Waals surface area contributed by atoms with Crippen molar-refractivity contribution in [2.75, 3.05) is 24.7 Å². The summed E-state index contributed by atoms with van der Waals surface area (Å²) >= 11 is 1.53. The molecule has 8 nitrogen and oxygen atoms in total. The van der Waals surface area contributed by atoms with Crippen molar-refractivity contribution >= 4 is 32.1 Å². The second-order valence-corrected chi connectivity index (χ2v) is 10.9. The van der Waals surface area contributed by atoms with Gasteiger partial charge in [-0.1, -0.05) is 18.2 Å². The molecule has 184 valence electrons. The Kier molecular flexibility index (Phi) is 6.66. The molecule has 0 aliphatic heterocycles. The first-order valence-electron chi connectivity index (χ1n) is 11.1. The van der Waals surface area contributed by atoms with Gasteiger partial charge in [0.15, 0.2) is 14.8 Å². The second-order valence-electron chi connectivity index (χ2n) is 7.92. The zero-order valence-electron chi connectivity index (χ0n) is 19.3. The molecule has 36 heavy (non-hydrogen) atoms. The van der Waals surface area contributed by atoms with Gasteiger partial charge in [0, 0.05) is 29.9 Å². The number of ether oxygens (including phenoxy) is 1. The average molecular weight is 524 g/mol. The summed E-state index contributed by atoms with van der Waals surface area (Å²) in [7, 11) is -1.96. The van der Waals surface area contributed by atoms with Crippen molar-refractivity contribution in [2.45, 2.75) is 11.3 Å². The summed E-state index contributed by atoms with van der Waals surface area (Å²) in [5.41, 5.74) is 3.16. The highest BCUT2D eigenvalue weighted by Crippen LogP contribution is 2.34. The van der Waals surface area contributed by atoms with Crippen molar-refractivity contribution in [3.63, 3.8) is 0 Å². The van der Waals surface area contributed by atoms with E-state index in [0.717, 1.165) is 33.7 Å². The van der Waals surface area contributed by atoms with Gasteiger partial charge in [0.25, 0.3) is 0 Å². The van der Waals surface area contributed by atoms with Gasteiger partial charge in [-0.25, -0.2) is 27.8 Å². The summed E-state index contributed by atoms with van der Waals surface area (Å²) in [4.78, 5) is 14.6.